The second kappa shape index (κ2) is 14.8. The van der Waals surface area contributed by atoms with Crippen LogP contribution < -0.4 is 15.0 Å². The molecule has 4 aromatic carbocycles. The van der Waals surface area contributed by atoms with Gasteiger partial charge in [0.1, 0.15) is 24.2 Å². The fraction of sp³-hybridized carbons (Fsp3) is 0.257. The Hall–Kier alpha value is -4.65. The van der Waals surface area contributed by atoms with Crippen LogP contribution in [-0.2, 0) is 16.0 Å². The minimum absolute atomic E-state index is 0.134. The molecular formula is C35H37FN2O4. The van der Waals surface area contributed by atoms with Gasteiger partial charge in [-0.1, -0.05) is 80.6 Å². The van der Waals surface area contributed by atoms with Gasteiger partial charge in [0.05, 0.1) is 19.3 Å². The van der Waals surface area contributed by atoms with E-state index in [1.165, 1.54) is 13.2 Å². The van der Waals surface area contributed by atoms with E-state index in [1.807, 2.05) is 59.5 Å². The Morgan fingerprint density at radius 3 is 2.21 bits per heavy atom. The lowest BCUT2D eigenvalue weighted by Crippen LogP contribution is -2.33. The molecule has 0 fully saturated rings. The van der Waals surface area contributed by atoms with Gasteiger partial charge in [0.25, 0.3) is 0 Å². The van der Waals surface area contributed by atoms with Crippen molar-refractivity contribution in [1.29, 1.82) is 0 Å². The summed E-state index contributed by atoms with van der Waals surface area (Å²) in [6, 6.07) is 29.7. The average Bonchev–Trinajstić information content (AvgIpc) is 3.01. The maximum absolute atomic E-state index is 14.4. The summed E-state index contributed by atoms with van der Waals surface area (Å²) in [5, 5.41) is 3.23. The van der Waals surface area contributed by atoms with Gasteiger partial charge in [-0.3, -0.25) is 4.79 Å². The van der Waals surface area contributed by atoms with Crippen LogP contribution in [0, 0.1) is 11.7 Å². The van der Waals surface area contributed by atoms with Gasteiger partial charge in [-0.15, -0.1) is 0 Å². The van der Waals surface area contributed by atoms with Crippen LogP contribution in [-0.4, -0.2) is 44.6 Å². The van der Waals surface area contributed by atoms with Crippen LogP contribution in [0.1, 0.15) is 35.3 Å². The monoisotopic (exact) mass is 568 g/mol. The Balaban J connectivity index is 1.41. The van der Waals surface area contributed by atoms with E-state index in [-0.39, 0.29) is 11.6 Å². The summed E-state index contributed by atoms with van der Waals surface area (Å²) in [6.45, 7) is 5.84. The summed E-state index contributed by atoms with van der Waals surface area (Å²) in [7, 11) is 1.35. The second-order valence-electron chi connectivity index (χ2n) is 10.4. The molecule has 218 valence electrons. The molecule has 1 N–H and O–H groups in total. The SMILES string of the molecule is COC(=O)C(Cc1ccc(OCCN(CC(C)C)c2ccccc2F)cc1)Nc1ccccc1C(=O)c1ccccc1. The summed E-state index contributed by atoms with van der Waals surface area (Å²) >= 11 is 0. The van der Waals surface area contributed by atoms with E-state index in [1.54, 1.807) is 42.5 Å². The van der Waals surface area contributed by atoms with Crippen molar-refractivity contribution in [2.45, 2.75) is 26.3 Å². The summed E-state index contributed by atoms with van der Waals surface area (Å²) in [4.78, 5) is 27.9. The predicted octanol–water partition coefficient (Wildman–Crippen LogP) is 6.79. The quantitative estimate of drug-likeness (QED) is 0.133. The summed E-state index contributed by atoms with van der Waals surface area (Å²) in [5.74, 6) is 0.228. The first-order valence-electron chi connectivity index (χ1n) is 14.1. The molecule has 0 aromatic heterocycles. The van der Waals surface area contributed by atoms with E-state index >= 15 is 0 Å². The highest BCUT2D eigenvalue weighted by Gasteiger charge is 2.23. The highest BCUT2D eigenvalue weighted by molar-refractivity contribution is 6.12. The molecule has 42 heavy (non-hydrogen) atoms. The van der Waals surface area contributed by atoms with Crippen LogP contribution in [0.4, 0.5) is 15.8 Å². The molecule has 0 aliphatic carbocycles. The normalized spacial score (nSPS) is 11.5. The molecular weight excluding hydrogens is 531 g/mol. The van der Waals surface area contributed by atoms with E-state index in [4.69, 9.17) is 9.47 Å². The number of benzene rings is 4. The van der Waals surface area contributed by atoms with Crippen LogP contribution in [0.25, 0.3) is 0 Å². The molecule has 0 amide bonds. The predicted molar refractivity (Wildman–Crippen MR) is 165 cm³/mol. The summed E-state index contributed by atoms with van der Waals surface area (Å²) in [5.41, 5.74) is 3.06. The number of methoxy groups -OCH3 is 1. The number of hydrogen-bond donors (Lipinski definition) is 1. The number of ketones is 1. The molecule has 1 atom stereocenters. The van der Waals surface area contributed by atoms with Crippen molar-refractivity contribution in [3.05, 3.63) is 126 Å². The van der Waals surface area contributed by atoms with Crippen LogP contribution >= 0.6 is 0 Å². The summed E-state index contributed by atoms with van der Waals surface area (Å²) < 4.78 is 25.5. The number of nitrogens with one attached hydrogen (secondary N) is 1. The van der Waals surface area contributed by atoms with Gasteiger partial charge < -0.3 is 19.7 Å². The lowest BCUT2D eigenvalue weighted by molar-refractivity contribution is -0.141. The zero-order chi connectivity index (χ0) is 29.9. The molecule has 4 aromatic rings. The Kier molecular flexibility index (Phi) is 10.7. The lowest BCUT2D eigenvalue weighted by atomic mass is 10.00. The van der Waals surface area contributed by atoms with Crippen LogP contribution in [0.15, 0.2) is 103 Å². The van der Waals surface area contributed by atoms with Gasteiger partial charge in [0, 0.05) is 29.8 Å². The topological polar surface area (TPSA) is 67.9 Å². The third-order valence-electron chi connectivity index (χ3n) is 6.79. The molecule has 0 aliphatic rings. The number of esters is 1. The number of nitrogens with zero attached hydrogens (tertiary/aromatic N) is 1. The van der Waals surface area contributed by atoms with Crippen LogP contribution in [0.2, 0.25) is 0 Å². The number of rotatable bonds is 14. The first-order chi connectivity index (χ1) is 20.4. The molecule has 0 radical (unpaired) electrons. The third-order valence-corrected chi connectivity index (χ3v) is 6.79. The molecule has 0 aliphatic heterocycles. The van der Waals surface area contributed by atoms with Crippen molar-refractivity contribution in [3.63, 3.8) is 0 Å². The zero-order valence-corrected chi connectivity index (χ0v) is 24.3. The molecule has 0 spiro atoms. The van der Waals surface area contributed by atoms with Crippen molar-refractivity contribution in [3.8, 4) is 5.75 Å². The van der Waals surface area contributed by atoms with Crippen LogP contribution in [0.3, 0.4) is 0 Å². The van der Waals surface area contributed by atoms with Crippen molar-refractivity contribution in [2.24, 2.45) is 5.92 Å². The van der Waals surface area contributed by atoms with Gasteiger partial charge >= 0.3 is 5.97 Å². The largest absolute Gasteiger partial charge is 0.492 e. The number of anilines is 2. The van der Waals surface area contributed by atoms with Gasteiger partial charge in [-0.05, 0) is 47.9 Å². The molecule has 7 heteroatoms. The second-order valence-corrected chi connectivity index (χ2v) is 10.4. The van der Waals surface area contributed by atoms with Crippen LogP contribution in [0.5, 0.6) is 5.75 Å². The zero-order valence-electron chi connectivity index (χ0n) is 24.3. The highest BCUT2D eigenvalue weighted by atomic mass is 19.1. The van der Waals surface area contributed by atoms with Gasteiger partial charge in [0.15, 0.2) is 5.78 Å². The Labute approximate surface area is 247 Å². The maximum Gasteiger partial charge on any atom is 0.328 e. The van der Waals surface area contributed by atoms with Crippen molar-refractivity contribution in [1.82, 2.24) is 0 Å². The average molecular weight is 569 g/mol. The van der Waals surface area contributed by atoms with Crippen molar-refractivity contribution in [2.75, 3.05) is 37.0 Å². The summed E-state index contributed by atoms with van der Waals surface area (Å²) in [6.07, 6.45) is 0.344. The fourth-order valence-corrected chi connectivity index (χ4v) is 4.77. The van der Waals surface area contributed by atoms with E-state index in [2.05, 4.69) is 19.2 Å². The smallest absolute Gasteiger partial charge is 0.328 e. The first-order valence-corrected chi connectivity index (χ1v) is 14.1. The van der Waals surface area contributed by atoms with E-state index in [9.17, 15) is 14.0 Å². The van der Waals surface area contributed by atoms with E-state index in [0.29, 0.717) is 60.3 Å². The number of halogens is 1. The van der Waals surface area contributed by atoms with E-state index < -0.39 is 12.0 Å². The number of para-hydroxylation sites is 2. The van der Waals surface area contributed by atoms with Gasteiger partial charge in [-0.2, -0.15) is 0 Å². The molecule has 4 rings (SSSR count). The van der Waals surface area contributed by atoms with Crippen molar-refractivity contribution < 1.29 is 23.5 Å². The van der Waals surface area contributed by atoms with Gasteiger partial charge in [0.2, 0.25) is 0 Å². The molecule has 1 unspecified atom stereocenters. The first kappa shape index (κ1) is 30.3. The lowest BCUT2D eigenvalue weighted by Gasteiger charge is -2.27. The Morgan fingerprint density at radius 1 is 0.857 bits per heavy atom. The fourth-order valence-electron chi connectivity index (χ4n) is 4.77. The van der Waals surface area contributed by atoms with E-state index in [0.717, 1.165) is 5.56 Å². The van der Waals surface area contributed by atoms with Gasteiger partial charge in [-0.25, -0.2) is 9.18 Å². The number of ether oxygens (including phenoxy) is 2. The molecule has 0 saturated carbocycles. The third kappa shape index (κ3) is 8.19. The molecule has 6 nitrogen and oxygen atoms in total. The number of carbonyl (C=O) groups excluding carboxylic acids is 2. The Bertz CT molecular complexity index is 1460. The maximum atomic E-state index is 14.4. The minimum Gasteiger partial charge on any atom is -0.492 e. The molecule has 0 bridgehead atoms. The molecule has 0 saturated heterocycles. The number of carbonyl (C=O) groups is 2. The standard InChI is InChI=1S/C35H37FN2O4/c1-25(2)24-38(33-16-10-8-14-30(33)36)21-22-42-28-19-17-26(18-20-28)23-32(35(40)41-3)37-31-15-9-7-13-29(31)34(39)27-11-5-4-6-12-27/h4-20,25,32,37H,21-24H2,1-3H3. The minimum atomic E-state index is -0.711. The molecule has 0 heterocycles. The highest BCUT2D eigenvalue weighted by Crippen LogP contribution is 2.23. The van der Waals surface area contributed by atoms with Crippen molar-refractivity contribution >= 4 is 23.1 Å². The Morgan fingerprint density at radius 2 is 1.52 bits per heavy atom. The number of hydrogen-bond acceptors (Lipinski definition) is 6.